The van der Waals surface area contributed by atoms with Gasteiger partial charge in [-0.15, -0.1) is 10.2 Å². The summed E-state index contributed by atoms with van der Waals surface area (Å²) in [5, 5.41) is 10.6. The van der Waals surface area contributed by atoms with Crippen molar-refractivity contribution < 1.29 is 4.79 Å². The Labute approximate surface area is 106 Å². The zero-order valence-electron chi connectivity index (χ0n) is 10.4. The van der Waals surface area contributed by atoms with Gasteiger partial charge in [-0.1, -0.05) is 0 Å². The number of likely N-dealkylation sites (tertiary alicyclic amines) is 1. The maximum Gasteiger partial charge on any atom is 0.272 e. The standard InChI is InChI=1S/C11H18N6O/c1-17-6-4-8(5-7-17)13-11(18)9-2-3-10(14-12)16-15-9/h2-3,8H,4-7,12H2,1H3,(H,13,18)(H,14,16). The van der Waals surface area contributed by atoms with E-state index in [-0.39, 0.29) is 11.9 Å². The Hall–Kier alpha value is -1.73. The van der Waals surface area contributed by atoms with E-state index in [0.717, 1.165) is 25.9 Å². The van der Waals surface area contributed by atoms with Crippen molar-refractivity contribution in [2.75, 3.05) is 25.6 Å². The van der Waals surface area contributed by atoms with Crippen LogP contribution in [0.2, 0.25) is 0 Å². The molecular formula is C11H18N6O. The monoisotopic (exact) mass is 250 g/mol. The van der Waals surface area contributed by atoms with Crippen molar-refractivity contribution in [2.24, 2.45) is 5.84 Å². The van der Waals surface area contributed by atoms with Gasteiger partial charge in [0.2, 0.25) is 0 Å². The maximum absolute atomic E-state index is 11.9. The fourth-order valence-electron chi connectivity index (χ4n) is 1.94. The van der Waals surface area contributed by atoms with Crippen LogP contribution in [0.4, 0.5) is 5.82 Å². The molecule has 1 aliphatic heterocycles. The fourth-order valence-corrected chi connectivity index (χ4v) is 1.94. The predicted molar refractivity (Wildman–Crippen MR) is 67.8 cm³/mol. The van der Waals surface area contributed by atoms with E-state index in [1.807, 2.05) is 0 Å². The van der Waals surface area contributed by atoms with Gasteiger partial charge in [0.1, 0.15) is 0 Å². The zero-order valence-corrected chi connectivity index (χ0v) is 10.4. The molecule has 0 spiro atoms. The van der Waals surface area contributed by atoms with Gasteiger partial charge in [-0.25, -0.2) is 5.84 Å². The number of amides is 1. The van der Waals surface area contributed by atoms with E-state index in [9.17, 15) is 4.79 Å². The molecule has 1 saturated heterocycles. The van der Waals surface area contributed by atoms with Crippen molar-refractivity contribution in [1.82, 2.24) is 20.4 Å². The molecule has 2 rings (SSSR count). The van der Waals surface area contributed by atoms with Gasteiger partial charge in [-0.05, 0) is 45.1 Å². The van der Waals surface area contributed by atoms with E-state index >= 15 is 0 Å². The molecular weight excluding hydrogens is 232 g/mol. The summed E-state index contributed by atoms with van der Waals surface area (Å²) < 4.78 is 0. The molecule has 0 bridgehead atoms. The van der Waals surface area contributed by atoms with Crippen molar-refractivity contribution >= 4 is 11.7 Å². The number of hydrazine groups is 1. The smallest absolute Gasteiger partial charge is 0.272 e. The average Bonchev–Trinajstić information content (AvgIpc) is 2.41. The third-order valence-corrected chi connectivity index (χ3v) is 3.10. The van der Waals surface area contributed by atoms with E-state index < -0.39 is 0 Å². The molecule has 4 N–H and O–H groups in total. The number of nitrogens with two attached hydrogens (primary N) is 1. The summed E-state index contributed by atoms with van der Waals surface area (Å²) >= 11 is 0. The second-order valence-corrected chi connectivity index (χ2v) is 4.50. The third-order valence-electron chi connectivity index (χ3n) is 3.10. The van der Waals surface area contributed by atoms with Crippen molar-refractivity contribution in [3.05, 3.63) is 17.8 Å². The summed E-state index contributed by atoms with van der Waals surface area (Å²) in [6.07, 6.45) is 1.94. The van der Waals surface area contributed by atoms with Crippen LogP contribution in [0.15, 0.2) is 12.1 Å². The Bertz CT molecular complexity index is 398. The Balaban J connectivity index is 1.90. The van der Waals surface area contributed by atoms with Gasteiger partial charge in [0, 0.05) is 6.04 Å². The second kappa shape index (κ2) is 5.74. The quantitative estimate of drug-likeness (QED) is 0.498. The zero-order chi connectivity index (χ0) is 13.0. The van der Waals surface area contributed by atoms with Crippen LogP contribution >= 0.6 is 0 Å². The van der Waals surface area contributed by atoms with Crippen LogP contribution in [0.1, 0.15) is 23.3 Å². The maximum atomic E-state index is 11.9. The molecule has 98 valence electrons. The van der Waals surface area contributed by atoms with Crippen molar-refractivity contribution in [2.45, 2.75) is 18.9 Å². The Morgan fingerprint density at radius 3 is 2.67 bits per heavy atom. The minimum atomic E-state index is -0.180. The van der Waals surface area contributed by atoms with Crippen LogP contribution in [0.3, 0.4) is 0 Å². The lowest BCUT2D eigenvalue weighted by Crippen LogP contribution is -2.43. The first-order valence-corrected chi connectivity index (χ1v) is 5.99. The molecule has 1 amide bonds. The molecule has 0 aliphatic carbocycles. The normalized spacial score (nSPS) is 17.4. The lowest BCUT2D eigenvalue weighted by Gasteiger charge is -2.29. The van der Waals surface area contributed by atoms with E-state index in [0.29, 0.717) is 11.5 Å². The molecule has 1 aromatic rings. The number of nitrogens with zero attached hydrogens (tertiary/aromatic N) is 3. The highest BCUT2D eigenvalue weighted by Crippen LogP contribution is 2.09. The van der Waals surface area contributed by atoms with Crippen molar-refractivity contribution in [1.29, 1.82) is 0 Å². The van der Waals surface area contributed by atoms with Crippen LogP contribution in [0, 0.1) is 0 Å². The molecule has 0 unspecified atom stereocenters. The largest absolute Gasteiger partial charge is 0.348 e. The summed E-state index contributed by atoms with van der Waals surface area (Å²) in [5.74, 6) is 5.44. The first-order chi connectivity index (χ1) is 8.69. The number of anilines is 1. The van der Waals surface area contributed by atoms with Gasteiger partial charge in [0.25, 0.3) is 5.91 Å². The SMILES string of the molecule is CN1CCC(NC(=O)c2ccc(NN)nn2)CC1. The van der Waals surface area contributed by atoms with E-state index in [1.54, 1.807) is 12.1 Å². The minimum Gasteiger partial charge on any atom is -0.348 e. The number of aromatic nitrogens is 2. The van der Waals surface area contributed by atoms with Crippen LogP contribution in [0.25, 0.3) is 0 Å². The molecule has 1 fully saturated rings. The summed E-state index contributed by atoms with van der Waals surface area (Å²) in [4.78, 5) is 14.2. The molecule has 0 radical (unpaired) electrons. The topological polar surface area (TPSA) is 96.2 Å². The van der Waals surface area contributed by atoms with Gasteiger partial charge in [-0.3, -0.25) is 4.79 Å². The average molecular weight is 250 g/mol. The van der Waals surface area contributed by atoms with Gasteiger partial charge in [0.05, 0.1) is 0 Å². The number of carbonyl (C=O) groups excluding carboxylic acids is 1. The first-order valence-electron chi connectivity index (χ1n) is 5.99. The Kier molecular flexibility index (Phi) is 4.06. The van der Waals surface area contributed by atoms with Crippen molar-refractivity contribution in [3.63, 3.8) is 0 Å². The second-order valence-electron chi connectivity index (χ2n) is 4.50. The van der Waals surface area contributed by atoms with Gasteiger partial charge in [-0.2, -0.15) is 0 Å². The fraction of sp³-hybridized carbons (Fsp3) is 0.545. The third kappa shape index (κ3) is 3.14. The molecule has 1 aliphatic rings. The molecule has 1 aromatic heterocycles. The number of hydrogen-bond acceptors (Lipinski definition) is 6. The number of carbonyl (C=O) groups is 1. The summed E-state index contributed by atoms with van der Waals surface area (Å²) in [5.41, 5.74) is 2.68. The van der Waals surface area contributed by atoms with E-state index in [4.69, 9.17) is 5.84 Å². The van der Waals surface area contributed by atoms with Crippen LogP contribution in [0.5, 0.6) is 0 Å². The predicted octanol–water partition coefficient (Wildman–Crippen LogP) is -0.414. The van der Waals surface area contributed by atoms with Gasteiger partial charge < -0.3 is 15.6 Å². The number of piperidine rings is 1. The molecule has 0 atom stereocenters. The summed E-state index contributed by atoms with van der Waals surface area (Å²) in [7, 11) is 2.09. The Morgan fingerprint density at radius 2 is 2.11 bits per heavy atom. The molecule has 7 heteroatoms. The van der Waals surface area contributed by atoms with Crippen LogP contribution in [-0.4, -0.2) is 47.2 Å². The van der Waals surface area contributed by atoms with E-state index in [2.05, 4.69) is 32.9 Å². The number of nitrogens with one attached hydrogen (secondary N) is 2. The minimum absolute atomic E-state index is 0.180. The number of rotatable bonds is 3. The van der Waals surface area contributed by atoms with E-state index in [1.165, 1.54) is 0 Å². The van der Waals surface area contributed by atoms with Crippen molar-refractivity contribution in [3.8, 4) is 0 Å². The van der Waals surface area contributed by atoms with Gasteiger partial charge in [0.15, 0.2) is 11.5 Å². The lowest BCUT2D eigenvalue weighted by molar-refractivity contribution is 0.0911. The summed E-state index contributed by atoms with van der Waals surface area (Å²) in [6.45, 7) is 2.01. The molecule has 2 heterocycles. The highest BCUT2D eigenvalue weighted by atomic mass is 16.2. The lowest BCUT2D eigenvalue weighted by atomic mass is 10.1. The van der Waals surface area contributed by atoms with Gasteiger partial charge >= 0.3 is 0 Å². The Morgan fingerprint density at radius 1 is 1.39 bits per heavy atom. The number of nitrogen functional groups attached to an aromatic ring is 1. The molecule has 18 heavy (non-hydrogen) atoms. The number of hydrogen-bond donors (Lipinski definition) is 3. The summed E-state index contributed by atoms with van der Waals surface area (Å²) in [6, 6.07) is 3.45. The first kappa shape index (κ1) is 12.7. The molecule has 0 saturated carbocycles. The highest BCUT2D eigenvalue weighted by molar-refractivity contribution is 5.92. The highest BCUT2D eigenvalue weighted by Gasteiger charge is 2.19. The molecule has 0 aromatic carbocycles. The van der Waals surface area contributed by atoms with Crippen LogP contribution < -0.4 is 16.6 Å². The van der Waals surface area contributed by atoms with Crippen LogP contribution in [-0.2, 0) is 0 Å². The molecule has 7 nitrogen and oxygen atoms in total.